The van der Waals surface area contributed by atoms with Crippen LogP contribution in [0.4, 0.5) is 0 Å². The molecule has 1 fully saturated rings. The van der Waals surface area contributed by atoms with Crippen molar-refractivity contribution >= 4 is 6.08 Å². The van der Waals surface area contributed by atoms with Gasteiger partial charge in [-0.05, 0) is 5.56 Å². The molecular formula is C14H20N+. The fourth-order valence-corrected chi connectivity index (χ4v) is 2.06. The zero-order valence-electron chi connectivity index (χ0n) is 9.74. The lowest BCUT2D eigenvalue weighted by Crippen LogP contribution is -2.44. The zero-order valence-corrected chi connectivity index (χ0v) is 9.74. The first kappa shape index (κ1) is 10.4. The smallest absolute Gasteiger partial charge is 0.0820 e. The average molecular weight is 202 g/mol. The van der Waals surface area contributed by atoms with Crippen LogP contribution in [0, 0.1) is 0 Å². The second kappa shape index (κ2) is 4.19. The van der Waals surface area contributed by atoms with Crippen molar-refractivity contribution in [2.45, 2.75) is 12.8 Å². The van der Waals surface area contributed by atoms with Crippen LogP contribution in [0.15, 0.2) is 35.9 Å². The summed E-state index contributed by atoms with van der Waals surface area (Å²) in [4.78, 5) is 0. The van der Waals surface area contributed by atoms with Gasteiger partial charge in [0.1, 0.15) is 0 Å². The Hall–Kier alpha value is -1.08. The summed E-state index contributed by atoms with van der Waals surface area (Å²) in [5.74, 6) is 0. The van der Waals surface area contributed by atoms with E-state index in [1.54, 1.807) is 5.57 Å². The molecule has 0 N–H and O–H groups in total. The van der Waals surface area contributed by atoms with E-state index in [-0.39, 0.29) is 0 Å². The fraction of sp³-hybridized carbons (Fsp3) is 0.429. The largest absolute Gasteiger partial charge is 0.328 e. The Bertz CT molecular complexity index is 337. The van der Waals surface area contributed by atoms with Gasteiger partial charge in [0.15, 0.2) is 0 Å². The average Bonchev–Trinajstić information content (AvgIpc) is 2.23. The van der Waals surface area contributed by atoms with Crippen molar-refractivity contribution in [2.24, 2.45) is 0 Å². The van der Waals surface area contributed by atoms with Crippen molar-refractivity contribution in [1.82, 2.24) is 0 Å². The van der Waals surface area contributed by atoms with Gasteiger partial charge in [0, 0.05) is 12.8 Å². The van der Waals surface area contributed by atoms with E-state index in [2.05, 4.69) is 50.5 Å². The second-order valence-electron chi connectivity index (χ2n) is 5.10. The van der Waals surface area contributed by atoms with Crippen LogP contribution in [0.25, 0.3) is 6.08 Å². The molecule has 2 rings (SSSR count). The number of hydrogen-bond acceptors (Lipinski definition) is 0. The highest BCUT2D eigenvalue weighted by Gasteiger charge is 2.21. The highest BCUT2D eigenvalue weighted by molar-refractivity contribution is 5.52. The predicted octanol–water partition coefficient (Wildman–Crippen LogP) is 2.94. The van der Waals surface area contributed by atoms with Crippen LogP contribution >= 0.6 is 0 Å². The van der Waals surface area contributed by atoms with Crippen molar-refractivity contribution in [3.05, 3.63) is 41.5 Å². The quantitative estimate of drug-likeness (QED) is 0.614. The Morgan fingerprint density at radius 3 is 2.20 bits per heavy atom. The lowest BCUT2D eigenvalue weighted by Gasteiger charge is -2.34. The van der Waals surface area contributed by atoms with Gasteiger partial charge in [0.2, 0.25) is 0 Å². The molecule has 1 nitrogen and oxygen atoms in total. The summed E-state index contributed by atoms with van der Waals surface area (Å²) in [5.41, 5.74) is 2.96. The maximum Gasteiger partial charge on any atom is 0.0820 e. The lowest BCUT2D eigenvalue weighted by atomic mass is 10.00. The fourth-order valence-electron chi connectivity index (χ4n) is 2.06. The van der Waals surface area contributed by atoms with Gasteiger partial charge in [-0.2, -0.15) is 0 Å². The van der Waals surface area contributed by atoms with E-state index in [9.17, 15) is 0 Å². The van der Waals surface area contributed by atoms with E-state index >= 15 is 0 Å². The van der Waals surface area contributed by atoms with Crippen LogP contribution in [-0.4, -0.2) is 31.7 Å². The summed E-state index contributed by atoms with van der Waals surface area (Å²) in [6.45, 7) is 2.55. The topological polar surface area (TPSA) is 0 Å². The second-order valence-corrected chi connectivity index (χ2v) is 5.10. The Balaban J connectivity index is 2.05. The van der Waals surface area contributed by atoms with Crippen molar-refractivity contribution in [3.63, 3.8) is 0 Å². The molecule has 1 aliphatic heterocycles. The van der Waals surface area contributed by atoms with Gasteiger partial charge >= 0.3 is 0 Å². The molecule has 1 aromatic carbocycles. The molecule has 0 saturated carbocycles. The Kier molecular flexibility index (Phi) is 2.92. The molecule has 80 valence electrons. The van der Waals surface area contributed by atoms with E-state index in [0.717, 1.165) is 0 Å². The van der Waals surface area contributed by atoms with Crippen molar-refractivity contribution < 1.29 is 4.48 Å². The maximum atomic E-state index is 2.36. The summed E-state index contributed by atoms with van der Waals surface area (Å²) in [6, 6.07) is 10.6. The third-order valence-electron chi connectivity index (χ3n) is 3.25. The summed E-state index contributed by atoms with van der Waals surface area (Å²) in [6.07, 6.45) is 4.86. The van der Waals surface area contributed by atoms with Gasteiger partial charge in [0.25, 0.3) is 0 Å². The molecule has 0 atom stereocenters. The SMILES string of the molecule is C[N+]1(C)CCC(=Cc2ccccc2)CC1. The molecular weight excluding hydrogens is 182 g/mol. The van der Waals surface area contributed by atoms with E-state index in [0.29, 0.717) is 0 Å². The first-order chi connectivity index (χ1) is 7.16. The van der Waals surface area contributed by atoms with Crippen LogP contribution in [0.3, 0.4) is 0 Å². The molecule has 0 radical (unpaired) electrons. The molecule has 15 heavy (non-hydrogen) atoms. The number of quaternary nitrogens is 1. The van der Waals surface area contributed by atoms with E-state index in [1.807, 2.05) is 0 Å². The molecule has 0 unspecified atom stereocenters. The predicted molar refractivity (Wildman–Crippen MR) is 65.5 cm³/mol. The summed E-state index contributed by atoms with van der Waals surface area (Å²) in [5, 5.41) is 0. The summed E-state index contributed by atoms with van der Waals surface area (Å²) in [7, 11) is 4.64. The van der Waals surface area contributed by atoms with Crippen molar-refractivity contribution in [2.75, 3.05) is 27.2 Å². The Morgan fingerprint density at radius 2 is 1.60 bits per heavy atom. The number of rotatable bonds is 1. The van der Waals surface area contributed by atoms with Crippen LogP contribution in [0.5, 0.6) is 0 Å². The minimum absolute atomic E-state index is 1.17. The van der Waals surface area contributed by atoms with Crippen LogP contribution in [0.1, 0.15) is 18.4 Å². The Labute approximate surface area is 92.6 Å². The highest BCUT2D eigenvalue weighted by Crippen LogP contribution is 2.21. The van der Waals surface area contributed by atoms with Crippen molar-refractivity contribution in [1.29, 1.82) is 0 Å². The zero-order chi connectivity index (χ0) is 10.7. The summed E-state index contributed by atoms with van der Waals surface area (Å²) < 4.78 is 1.17. The first-order valence-electron chi connectivity index (χ1n) is 5.72. The van der Waals surface area contributed by atoms with E-state index < -0.39 is 0 Å². The van der Waals surface area contributed by atoms with Gasteiger partial charge in [-0.1, -0.05) is 42.0 Å². The number of likely N-dealkylation sites (tertiary alicyclic amines) is 1. The van der Waals surface area contributed by atoms with Crippen LogP contribution < -0.4 is 0 Å². The molecule has 0 bridgehead atoms. The normalized spacial score (nSPS) is 20.0. The number of hydrogen-bond donors (Lipinski definition) is 0. The maximum absolute atomic E-state index is 2.36. The number of piperidine rings is 1. The van der Waals surface area contributed by atoms with Crippen LogP contribution in [-0.2, 0) is 0 Å². The minimum Gasteiger partial charge on any atom is -0.328 e. The number of nitrogens with zero attached hydrogens (tertiary/aromatic N) is 1. The van der Waals surface area contributed by atoms with Crippen molar-refractivity contribution in [3.8, 4) is 0 Å². The molecule has 1 heterocycles. The Morgan fingerprint density at radius 1 is 1.00 bits per heavy atom. The van der Waals surface area contributed by atoms with Gasteiger partial charge in [0.05, 0.1) is 27.2 Å². The first-order valence-corrected chi connectivity index (χ1v) is 5.72. The molecule has 1 aliphatic rings. The molecule has 0 amide bonds. The molecule has 1 aromatic rings. The summed E-state index contributed by atoms with van der Waals surface area (Å²) >= 11 is 0. The number of benzene rings is 1. The van der Waals surface area contributed by atoms with E-state index in [1.165, 1.54) is 36.0 Å². The molecule has 0 aliphatic carbocycles. The molecule has 1 saturated heterocycles. The van der Waals surface area contributed by atoms with Gasteiger partial charge in [-0.3, -0.25) is 0 Å². The van der Waals surface area contributed by atoms with Gasteiger partial charge < -0.3 is 4.48 Å². The molecule has 1 heteroatoms. The monoisotopic (exact) mass is 202 g/mol. The van der Waals surface area contributed by atoms with Gasteiger partial charge in [-0.15, -0.1) is 0 Å². The third-order valence-corrected chi connectivity index (χ3v) is 3.25. The van der Waals surface area contributed by atoms with Gasteiger partial charge in [-0.25, -0.2) is 0 Å². The molecule has 0 aromatic heterocycles. The van der Waals surface area contributed by atoms with E-state index in [4.69, 9.17) is 0 Å². The minimum atomic E-state index is 1.17. The lowest BCUT2D eigenvalue weighted by molar-refractivity contribution is -0.892. The highest BCUT2D eigenvalue weighted by atomic mass is 15.3. The molecule has 0 spiro atoms. The van der Waals surface area contributed by atoms with Crippen LogP contribution in [0.2, 0.25) is 0 Å². The standard InChI is InChI=1S/C14H20N/c1-15(2)10-8-14(9-11-15)12-13-6-4-3-5-7-13/h3-7,12H,8-11H2,1-2H3/q+1. The third kappa shape index (κ3) is 2.93.